The number of benzene rings is 1. The van der Waals surface area contributed by atoms with Crippen LogP contribution in [0, 0.1) is 0 Å². The number of rotatable bonds is 4. The van der Waals surface area contributed by atoms with Gasteiger partial charge in [-0.25, -0.2) is 0 Å². The van der Waals surface area contributed by atoms with Crippen molar-refractivity contribution < 1.29 is 4.79 Å². The van der Waals surface area contributed by atoms with Crippen LogP contribution in [0.15, 0.2) is 29.3 Å². The van der Waals surface area contributed by atoms with Gasteiger partial charge in [-0.2, -0.15) is 0 Å². The molecule has 1 amide bonds. The fourth-order valence-corrected chi connectivity index (χ4v) is 2.44. The molecule has 21 heavy (non-hydrogen) atoms. The minimum absolute atomic E-state index is 0.115. The molecule has 0 aromatic heterocycles. The van der Waals surface area contributed by atoms with Gasteiger partial charge in [0.2, 0.25) is 5.91 Å². The number of hydrogen-bond donors (Lipinski definition) is 2. The predicted molar refractivity (Wildman–Crippen MR) is 85.2 cm³/mol. The second kappa shape index (κ2) is 7.67. The maximum absolute atomic E-state index is 12.3. The molecule has 1 aromatic carbocycles. The first-order chi connectivity index (χ1) is 10.2. The standard InChI is InChI=1S/C16H24N4O/c1-3-9-18-16(17-2)19-11-15(21)20-10-8-13-6-4-5-7-14(13)12-20/h4-7H,3,8-12H2,1-2H3,(H2,17,18,19). The smallest absolute Gasteiger partial charge is 0.242 e. The Kier molecular flexibility index (Phi) is 5.60. The Hall–Kier alpha value is -2.04. The average Bonchev–Trinajstić information content (AvgIpc) is 2.54. The first kappa shape index (κ1) is 15.4. The lowest BCUT2D eigenvalue weighted by molar-refractivity contribution is -0.130. The normalized spacial score (nSPS) is 14.6. The highest BCUT2D eigenvalue weighted by Crippen LogP contribution is 2.18. The van der Waals surface area contributed by atoms with E-state index >= 15 is 0 Å². The van der Waals surface area contributed by atoms with Gasteiger partial charge in [0.15, 0.2) is 5.96 Å². The minimum Gasteiger partial charge on any atom is -0.356 e. The lowest BCUT2D eigenvalue weighted by atomic mass is 10.00. The van der Waals surface area contributed by atoms with Crippen LogP contribution in [-0.4, -0.2) is 43.4 Å². The molecule has 1 aliphatic heterocycles. The largest absolute Gasteiger partial charge is 0.356 e. The quantitative estimate of drug-likeness (QED) is 0.645. The molecule has 0 aliphatic carbocycles. The van der Waals surface area contributed by atoms with Crippen molar-refractivity contribution in [3.8, 4) is 0 Å². The van der Waals surface area contributed by atoms with E-state index in [1.54, 1.807) is 7.05 Å². The number of hydrogen-bond acceptors (Lipinski definition) is 2. The Bertz CT molecular complexity index is 513. The number of carbonyl (C=O) groups is 1. The highest BCUT2D eigenvalue weighted by atomic mass is 16.2. The Labute approximate surface area is 126 Å². The molecule has 0 fully saturated rings. The van der Waals surface area contributed by atoms with E-state index in [1.807, 2.05) is 11.0 Å². The maximum atomic E-state index is 12.3. The van der Waals surface area contributed by atoms with E-state index in [4.69, 9.17) is 0 Å². The van der Waals surface area contributed by atoms with Crippen molar-refractivity contribution in [1.82, 2.24) is 15.5 Å². The summed E-state index contributed by atoms with van der Waals surface area (Å²) in [5, 5.41) is 6.23. The summed E-state index contributed by atoms with van der Waals surface area (Å²) in [7, 11) is 1.71. The molecule has 5 nitrogen and oxygen atoms in total. The van der Waals surface area contributed by atoms with Crippen LogP contribution in [-0.2, 0) is 17.8 Å². The van der Waals surface area contributed by atoms with Crippen molar-refractivity contribution in [3.05, 3.63) is 35.4 Å². The number of nitrogens with one attached hydrogen (secondary N) is 2. The van der Waals surface area contributed by atoms with Gasteiger partial charge < -0.3 is 15.5 Å². The molecule has 114 valence electrons. The molecule has 5 heteroatoms. The van der Waals surface area contributed by atoms with Crippen LogP contribution in [0.1, 0.15) is 24.5 Å². The van der Waals surface area contributed by atoms with E-state index in [9.17, 15) is 4.79 Å². The summed E-state index contributed by atoms with van der Waals surface area (Å²) in [6.07, 6.45) is 1.96. The number of amides is 1. The van der Waals surface area contributed by atoms with Gasteiger partial charge in [0.25, 0.3) is 0 Å². The highest BCUT2D eigenvalue weighted by molar-refractivity contribution is 5.86. The molecule has 0 bridgehead atoms. The summed E-state index contributed by atoms with van der Waals surface area (Å²) in [5.74, 6) is 0.798. The van der Waals surface area contributed by atoms with Crippen LogP contribution in [0.25, 0.3) is 0 Å². The van der Waals surface area contributed by atoms with Crippen LogP contribution < -0.4 is 10.6 Å². The number of aliphatic imine (C=N–C) groups is 1. The van der Waals surface area contributed by atoms with Crippen LogP contribution in [0.4, 0.5) is 0 Å². The molecule has 0 spiro atoms. The highest BCUT2D eigenvalue weighted by Gasteiger charge is 2.20. The summed E-state index contributed by atoms with van der Waals surface area (Å²) >= 11 is 0. The molecule has 2 N–H and O–H groups in total. The van der Waals surface area contributed by atoms with Crippen molar-refractivity contribution in [1.29, 1.82) is 0 Å². The van der Waals surface area contributed by atoms with E-state index in [0.717, 1.165) is 25.9 Å². The number of nitrogens with zero attached hydrogens (tertiary/aromatic N) is 2. The number of carbonyl (C=O) groups excluding carboxylic acids is 1. The molecule has 0 radical (unpaired) electrons. The Morgan fingerprint density at radius 3 is 2.76 bits per heavy atom. The molecule has 2 rings (SSSR count). The molecular weight excluding hydrogens is 264 g/mol. The zero-order chi connectivity index (χ0) is 15.1. The maximum Gasteiger partial charge on any atom is 0.242 e. The van der Waals surface area contributed by atoms with E-state index < -0.39 is 0 Å². The molecule has 0 unspecified atom stereocenters. The summed E-state index contributed by atoms with van der Waals surface area (Å²) in [4.78, 5) is 18.3. The fraction of sp³-hybridized carbons (Fsp3) is 0.500. The zero-order valence-corrected chi connectivity index (χ0v) is 12.9. The molecule has 1 aromatic rings. The van der Waals surface area contributed by atoms with E-state index in [1.165, 1.54) is 11.1 Å². The summed E-state index contributed by atoms with van der Waals surface area (Å²) in [5.41, 5.74) is 2.61. The van der Waals surface area contributed by atoms with Crippen molar-refractivity contribution in [2.45, 2.75) is 26.3 Å². The molecule has 1 aliphatic rings. The number of guanidine groups is 1. The monoisotopic (exact) mass is 288 g/mol. The van der Waals surface area contributed by atoms with E-state index in [0.29, 0.717) is 12.5 Å². The van der Waals surface area contributed by atoms with Gasteiger partial charge in [-0.05, 0) is 24.0 Å². The van der Waals surface area contributed by atoms with Crippen LogP contribution in [0.3, 0.4) is 0 Å². The van der Waals surface area contributed by atoms with Crippen molar-refractivity contribution in [2.24, 2.45) is 4.99 Å². The second-order valence-electron chi connectivity index (χ2n) is 5.19. The zero-order valence-electron chi connectivity index (χ0n) is 12.9. The van der Waals surface area contributed by atoms with Crippen LogP contribution in [0.2, 0.25) is 0 Å². The van der Waals surface area contributed by atoms with E-state index in [-0.39, 0.29) is 12.5 Å². The summed E-state index contributed by atoms with van der Waals surface area (Å²) < 4.78 is 0. The predicted octanol–water partition coefficient (Wildman–Crippen LogP) is 1.15. The van der Waals surface area contributed by atoms with Gasteiger partial charge in [-0.3, -0.25) is 9.79 Å². The van der Waals surface area contributed by atoms with Crippen molar-refractivity contribution in [3.63, 3.8) is 0 Å². The lowest BCUT2D eigenvalue weighted by Gasteiger charge is -2.29. The molecule has 0 saturated heterocycles. The van der Waals surface area contributed by atoms with Crippen molar-refractivity contribution >= 4 is 11.9 Å². The first-order valence-corrected chi connectivity index (χ1v) is 7.53. The van der Waals surface area contributed by atoms with Crippen LogP contribution >= 0.6 is 0 Å². The second-order valence-corrected chi connectivity index (χ2v) is 5.19. The Balaban J connectivity index is 1.85. The average molecular weight is 288 g/mol. The number of fused-ring (bicyclic) bond motifs is 1. The van der Waals surface area contributed by atoms with Gasteiger partial charge >= 0.3 is 0 Å². The summed E-state index contributed by atoms with van der Waals surface area (Å²) in [6, 6.07) is 8.33. The third-order valence-electron chi connectivity index (χ3n) is 3.66. The van der Waals surface area contributed by atoms with Gasteiger partial charge in [-0.15, -0.1) is 0 Å². The van der Waals surface area contributed by atoms with Gasteiger partial charge in [0, 0.05) is 26.7 Å². The lowest BCUT2D eigenvalue weighted by Crippen LogP contribution is -2.46. The molecule has 0 atom stereocenters. The SMILES string of the molecule is CCCNC(=NC)NCC(=O)N1CCc2ccccc2C1. The van der Waals surface area contributed by atoms with Crippen LogP contribution in [0.5, 0.6) is 0 Å². The first-order valence-electron chi connectivity index (χ1n) is 7.53. The van der Waals surface area contributed by atoms with Gasteiger partial charge in [0.05, 0.1) is 6.54 Å². The van der Waals surface area contributed by atoms with E-state index in [2.05, 4.69) is 40.7 Å². The van der Waals surface area contributed by atoms with Crippen molar-refractivity contribution in [2.75, 3.05) is 26.7 Å². The fourth-order valence-electron chi connectivity index (χ4n) is 2.44. The topological polar surface area (TPSA) is 56.7 Å². The van der Waals surface area contributed by atoms with Gasteiger partial charge in [0.1, 0.15) is 0 Å². The molecular formula is C16H24N4O. The molecule has 1 heterocycles. The Morgan fingerprint density at radius 2 is 2.05 bits per heavy atom. The summed E-state index contributed by atoms with van der Waals surface area (Å²) in [6.45, 7) is 4.73. The third-order valence-corrected chi connectivity index (χ3v) is 3.66. The minimum atomic E-state index is 0.115. The molecule has 0 saturated carbocycles. The van der Waals surface area contributed by atoms with Gasteiger partial charge in [-0.1, -0.05) is 31.2 Å². The third kappa shape index (κ3) is 4.21. The Morgan fingerprint density at radius 1 is 1.29 bits per heavy atom.